The van der Waals surface area contributed by atoms with Crippen molar-refractivity contribution >= 4 is 29.1 Å². The minimum atomic E-state index is -0.0900. The quantitative estimate of drug-likeness (QED) is 0.159. The second kappa shape index (κ2) is 16.5. The second-order valence-corrected chi connectivity index (χ2v) is 20.1. The number of hydrogen-bond acceptors (Lipinski definition) is 5. The third-order valence-corrected chi connectivity index (χ3v) is 16.5. The van der Waals surface area contributed by atoms with Crippen molar-refractivity contribution in [1.29, 1.82) is 0 Å². The van der Waals surface area contributed by atoms with Crippen molar-refractivity contribution in [2.75, 3.05) is 9.80 Å². The molecule has 0 amide bonds. The number of rotatable bonds is 6. The second-order valence-electron chi connectivity index (χ2n) is 20.1. The van der Waals surface area contributed by atoms with Gasteiger partial charge in [-0.15, -0.1) is 0 Å². The molecule has 3 N–H and O–H groups in total. The van der Waals surface area contributed by atoms with Crippen LogP contribution in [0, 0.1) is 11.8 Å². The van der Waals surface area contributed by atoms with Gasteiger partial charge in [0.15, 0.2) is 0 Å². The minimum absolute atomic E-state index is 0.0244. The van der Waals surface area contributed by atoms with Gasteiger partial charge in [-0.25, -0.2) is 0 Å². The van der Waals surface area contributed by atoms with Crippen molar-refractivity contribution in [3.63, 3.8) is 0 Å². The zero-order valence-corrected chi connectivity index (χ0v) is 38.5. The highest BCUT2D eigenvalue weighted by Gasteiger charge is 2.46. The van der Waals surface area contributed by atoms with E-state index in [9.17, 15) is 0 Å². The predicted octanol–water partition coefficient (Wildman–Crippen LogP) is 13.8. The summed E-state index contributed by atoms with van der Waals surface area (Å²) in [6, 6.07) is 45.8. The lowest BCUT2D eigenvalue weighted by molar-refractivity contribution is 0.219. The highest BCUT2D eigenvalue weighted by Crippen LogP contribution is 2.58. The van der Waals surface area contributed by atoms with E-state index in [-0.39, 0.29) is 24.5 Å². The van der Waals surface area contributed by atoms with E-state index in [4.69, 9.17) is 0 Å². The molecule has 0 saturated carbocycles. The maximum absolute atomic E-state index is 4.15. The third kappa shape index (κ3) is 6.62. The molecule has 1 saturated heterocycles. The maximum Gasteiger partial charge on any atom is 0.0867 e. The first-order valence-corrected chi connectivity index (χ1v) is 25.3. The van der Waals surface area contributed by atoms with Gasteiger partial charge in [0.05, 0.1) is 24.5 Å². The van der Waals surface area contributed by atoms with Crippen LogP contribution >= 0.6 is 0 Å². The molecular formula is C63H57N5. The Hall–Kier alpha value is -6.76. The molecule has 0 spiro atoms. The summed E-state index contributed by atoms with van der Waals surface area (Å²) in [5.74, 6) is 1.22. The van der Waals surface area contributed by atoms with Crippen LogP contribution in [-0.4, -0.2) is 6.17 Å². The largest absolute Gasteiger partial charge is 0.336 e. The van der Waals surface area contributed by atoms with Crippen molar-refractivity contribution in [1.82, 2.24) is 16.0 Å². The van der Waals surface area contributed by atoms with Gasteiger partial charge < -0.3 is 9.80 Å². The van der Waals surface area contributed by atoms with Gasteiger partial charge in [0, 0.05) is 40.3 Å². The van der Waals surface area contributed by atoms with E-state index in [1.54, 1.807) is 0 Å². The Bertz CT molecular complexity index is 3170. The lowest BCUT2D eigenvalue weighted by atomic mass is 9.75. The Kier molecular flexibility index (Phi) is 9.78. The Morgan fingerprint density at radius 3 is 2.35 bits per heavy atom. The highest BCUT2D eigenvalue weighted by molar-refractivity contribution is 5.79. The number of nitrogens with zero attached hydrogens (tertiary/aromatic N) is 2. The van der Waals surface area contributed by atoms with Gasteiger partial charge in [0.1, 0.15) is 0 Å². The van der Waals surface area contributed by atoms with Crippen LogP contribution in [0.5, 0.6) is 0 Å². The average molecular weight is 884 g/mol. The minimum Gasteiger partial charge on any atom is -0.336 e. The molecule has 5 aromatic rings. The molecule has 0 radical (unpaired) electrons. The van der Waals surface area contributed by atoms with Crippen molar-refractivity contribution in [2.24, 2.45) is 11.8 Å². The predicted molar refractivity (Wildman–Crippen MR) is 279 cm³/mol. The number of allylic oxidation sites excluding steroid dienone is 13. The first-order chi connectivity index (χ1) is 33.7. The Morgan fingerprint density at radius 2 is 1.40 bits per heavy atom. The lowest BCUT2D eigenvalue weighted by Crippen LogP contribution is -2.60. The van der Waals surface area contributed by atoms with Crippen LogP contribution in [0.1, 0.15) is 114 Å². The first kappa shape index (κ1) is 40.3. The molecule has 5 nitrogen and oxygen atoms in total. The van der Waals surface area contributed by atoms with E-state index < -0.39 is 0 Å². The summed E-state index contributed by atoms with van der Waals surface area (Å²) in [6.07, 6.45) is 34.7. The van der Waals surface area contributed by atoms with Crippen LogP contribution in [0.3, 0.4) is 0 Å². The zero-order valence-electron chi connectivity index (χ0n) is 38.5. The summed E-state index contributed by atoms with van der Waals surface area (Å²) in [6.45, 7) is 0. The smallest absolute Gasteiger partial charge is 0.0867 e. The van der Waals surface area contributed by atoms with Crippen molar-refractivity contribution in [2.45, 2.75) is 81.8 Å². The van der Waals surface area contributed by atoms with E-state index in [1.807, 2.05) is 0 Å². The monoisotopic (exact) mass is 883 g/mol. The summed E-state index contributed by atoms with van der Waals surface area (Å²) in [5, 5.41) is 12.4. The number of para-hydroxylation sites is 1. The molecule has 14 rings (SSSR count). The van der Waals surface area contributed by atoms with Crippen LogP contribution < -0.4 is 25.8 Å². The molecule has 0 bridgehead atoms. The Balaban J connectivity index is 0.869. The first-order valence-electron chi connectivity index (χ1n) is 25.3. The molecule has 7 atom stereocenters. The molecule has 334 valence electrons. The van der Waals surface area contributed by atoms with Gasteiger partial charge in [-0.2, -0.15) is 0 Å². The van der Waals surface area contributed by atoms with Crippen LogP contribution in [0.25, 0.3) is 17.7 Å². The highest BCUT2D eigenvalue weighted by atomic mass is 15.4. The van der Waals surface area contributed by atoms with Gasteiger partial charge in [-0.05, 0) is 154 Å². The standard InChI is InChI=1S/C63H57N5/c1-2-16-40(17-3-1)48-26-10-11-29-53(48)62-64-61(65-63(66-62)54-30-15-22-41-18-6-8-25-49(41)54)45-23-14-24-46(36-45)67-58-35-33-47(39-56(58)55-37-43-20-4-5-21-44(43)38-59(55)67)68-57-31-13-12-28-51(57)52-34-32-42-19-7-9-27-50(42)60(52)68/h1-7,9-10,12-19,21-24,26-28,30-32,34,36,38-39,43,52,55,60-66H,8,11,20,25,29,33,35,37H2. The summed E-state index contributed by atoms with van der Waals surface area (Å²) in [4.78, 5) is 5.42. The molecule has 3 aliphatic heterocycles. The molecule has 7 unspecified atom stereocenters. The number of fused-ring (bicyclic) bond motifs is 9. The number of hydrogen-bond donors (Lipinski definition) is 3. The van der Waals surface area contributed by atoms with E-state index in [1.165, 1.54) is 95.3 Å². The third-order valence-electron chi connectivity index (χ3n) is 16.5. The fraction of sp³-hybridized carbons (Fsp3) is 0.238. The molecule has 5 aromatic carbocycles. The molecule has 5 heteroatoms. The lowest BCUT2D eigenvalue weighted by Gasteiger charge is -2.42. The Labute approximate surface area is 401 Å². The molecule has 0 aromatic heterocycles. The van der Waals surface area contributed by atoms with Crippen molar-refractivity contribution in [3.8, 4) is 0 Å². The Morgan fingerprint density at radius 1 is 0.603 bits per heavy atom. The van der Waals surface area contributed by atoms with E-state index in [0.717, 1.165) is 51.4 Å². The summed E-state index contributed by atoms with van der Waals surface area (Å²) >= 11 is 0. The summed E-state index contributed by atoms with van der Waals surface area (Å²) < 4.78 is 0. The van der Waals surface area contributed by atoms with Crippen molar-refractivity contribution in [3.05, 3.63) is 254 Å². The molecule has 68 heavy (non-hydrogen) atoms. The molecular weight excluding hydrogens is 827 g/mol. The number of nitrogens with one attached hydrogen (secondary N) is 3. The number of anilines is 2. The summed E-state index contributed by atoms with van der Waals surface area (Å²) in [7, 11) is 0. The number of benzene rings is 5. The van der Waals surface area contributed by atoms with Crippen LogP contribution in [0.4, 0.5) is 11.4 Å². The van der Waals surface area contributed by atoms with Crippen LogP contribution in [0.15, 0.2) is 210 Å². The summed E-state index contributed by atoms with van der Waals surface area (Å²) in [5.41, 5.74) is 23.6. The normalized spacial score (nSPS) is 27.4. The molecule has 1 fully saturated rings. The van der Waals surface area contributed by atoms with E-state index in [2.05, 4.69) is 214 Å². The van der Waals surface area contributed by atoms with E-state index >= 15 is 0 Å². The van der Waals surface area contributed by atoms with Gasteiger partial charge in [-0.3, -0.25) is 16.0 Å². The molecule has 6 aliphatic carbocycles. The van der Waals surface area contributed by atoms with Crippen molar-refractivity contribution < 1.29 is 0 Å². The molecule has 9 aliphatic rings. The zero-order chi connectivity index (χ0) is 44.7. The average Bonchev–Trinajstić information content (AvgIpc) is 3.92. The molecule has 3 heterocycles. The van der Waals surface area contributed by atoms with Crippen LogP contribution in [-0.2, 0) is 6.42 Å². The van der Waals surface area contributed by atoms with E-state index in [0.29, 0.717) is 17.8 Å². The van der Waals surface area contributed by atoms with Gasteiger partial charge in [0.25, 0.3) is 0 Å². The fourth-order valence-corrected chi connectivity index (χ4v) is 13.4. The fourth-order valence-electron chi connectivity index (χ4n) is 13.4. The topological polar surface area (TPSA) is 42.6 Å². The van der Waals surface area contributed by atoms with Crippen LogP contribution in [0.2, 0.25) is 0 Å². The van der Waals surface area contributed by atoms with Gasteiger partial charge in [-0.1, -0.05) is 158 Å². The van der Waals surface area contributed by atoms with Gasteiger partial charge in [0.2, 0.25) is 0 Å². The van der Waals surface area contributed by atoms with Gasteiger partial charge >= 0.3 is 0 Å². The SMILES string of the molecule is C1=CCC2CC3C(=CC2=C1)N(c1cccc(C2NC(C4=C(c5ccccc5)C=CCC4)NC(c4cccc5c4CCC=C5)N2)c1)C1=C3C=C(N2c3ccccc3C3C=Cc4ccccc4C32)CC1. The maximum atomic E-state index is 4.15.